The van der Waals surface area contributed by atoms with Gasteiger partial charge in [0.25, 0.3) is 5.56 Å². The number of aryl methyl sites for hydroxylation is 1. The summed E-state index contributed by atoms with van der Waals surface area (Å²) in [6, 6.07) is 10.3. The zero-order valence-electron chi connectivity index (χ0n) is 26.6. The van der Waals surface area contributed by atoms with E-state index in [9.17, 15) is 24.6 Å². The Balaban J connectivity index is 1.32. The molecule has 1 fully saturated rings. The van der Waals surface area contributed by atoms with Crippen LogP contribution in [0.4, 0.5) is 0 Å². The smallest absolute Gasteiger partial charge is 0.330 e. The highest BCUT2D eigenvalue weighted by molar-refractivity contribution is 6.14. The molecule has 3 N–H and O–H groups in total. The molecule has 8 rings (SSSR count). The fraction of sp³-hybridized carbons (Fsp3) is 0.286. The van der Waals surface area contributed by atoms with Crippen molar-refractivity contribution in [2.24, 2.45) is 0 Å². The second-order valence-electron chi connectivity index (χ2n) is 12.5. The summed E-state index contributed by atoms with van der Waals surface area (Å²) >= 11 is 0. The van der Waals surface area contributed by atoms with E-state index >= 15 is 0 Å². The molecule has 2 aromatic carbocycles. The lowest BCUT2D eigenvalue weighted by Gasteiger charge is -2.27. The summed E-state index contributed by atoms with van der Waals surface area (Å²) in [5.41, 5.74) is 0.0733. The van der Waals surface area contributed by atoms with Crippen LogP contribution in [0.15, 0.2) is 51.7 Å². The van der Waals surface area contributed by atoms with Crippen molar-refractivity contribution >= 4 is 22.9 Å². The maximum Gasteiger partial charge on any atom is 0.330 e. The fourth-order valence-corrected chi connectivity index (χ4v) is 7.08. The van der Waals surface area contributed by atoms with E-state index in [2.05, 4.69) is 10.1 Å². The van der Waals surface area contributed by atoms with Crippen molar-refractivity contribution in [1.82, 2.24) is 24.3 Å². The summed E-state index contributed by atoms with van der Waals surface area (Å²) in [6.45, 7) is 5.72. The third kappa shape index (κ3) is 4.03. The fourth-order valence-electron chi connectivity index (χ4n) is 7.08. The Hall–Kier alpha value is -5.69. The number of phenols is 2. The van der Waals surface area contributed by atoms with Crippen molar-refractivity contribution in [2.45, 2.75) is 51.7 Å². The monoisotopic (exact) mass is 649 g/mol. The number of ketones is 1. The molecule has 0 amide bonds. The summed E-state index contributed by atoms with van der Waals surface area (Å²) in [6.07, 6.45) is 3.12. The first-order valence-corrected chi connectivity index (χ1v) is 15.6. The molecule has 48 heavy (non-hydrogen) atoms. The Morgan fingerprint density at radius 3 is 2.54 bits per heavy atom. The molecular weight excluding hydrogens is 618 g/mol. The molecule has 5 heterocycles. The normalized spacial score (nSPS) is 19.5. The first-order valence-electron chi connectivity index (χ1n) is 15.6. The average molecular weight is 650 g/mol. The van der Waals surface area contributed by atoms with Crippen LogP contribution in [-0.2, 0) is 16.7 Å². The molecule has 244 valence electrons. The van der Waals surface area contributed by atoms with Crippen LogP contribution in [0.2, 0.25) is 0 Å². The molecule has 0 radical (unpaired) electrons. The van der Waals surface area contributed by atoms with Gasteiger partial charge >= 0.3 is 5.69 Å². The summed E-state index contributed by atoms with van der Waals surface area (Å²) < 4.78 is 20.5. The molecule has 0 saturated carbocycles. The summed E-state index contributed by atoms with van der Waals surface area (Å²) in [5, 5.41) is 27.9. The number of benzene rings is 2. The van der Waals surface area contributed by atoms with Gasteiger partial charge in [0.15, 0.2) is 5.78 Å². The van der Waals surface area contributed by atoms with Gasteiger partial charge in [-0.05, 0) is 70.0 Å². The number of nitrogens with one attached hydrogen (secondary N) is 1. The van der Waals surface area contributed by atoms with Crippen molar-refractivity contribution in [1.29, 1.82) is 0 Å². The second-order valence-corrected chi connectivity index (χ2v) is 12.5. The number of phenolic OH excluding ortho intramolecular Hbond substituents is 2. The van der Waals surface area contributed by atoms with E-state index < -0.39 is 16.7 Å². The van der Waals surface area contributed by atoms with Crippen molar-refractivity contribution in [3.05, 3.63) is 91.1 Å². The van der Waals surface area contributed by atoms with E-state index in [0.29, 0.717) is 35.0 Å². The average Bonchev–Trinajstić information content (AvgIpc) is 3.79. The molecule has 3 aliphatic rings. The van der Waals surface area contributed by atoms with Crippen molar-refractivity contribution < 1.29 is 29.2 Å². The molecule has 2 aliphatic heterocycles. The highest BCUT2D eigenvalue weighted by Gasteiger charge is 2.55. The minimum atomic E-state index is -1.46. The van der Waals surface area contributed by atoms with Gasteiger partial charge in [-0.2, -0.15) is 5.10 Å². The van der Waals surface area contributed by atoms with Gasteiger partial charge in [-0.25, -0.2) is 14.5 Å². The van der Waals surface area contributed by atoms with Crippen LogP contribution in [-0.4, -0.2) is 60.1 Å². The number of H-pyrrole nitrogens is 1. The van der Waals surface area contributed by atoms with Gasteiger partial charge in [0.05, 0.1) is 64.6 Å². The van der Waals surface area contributed by atoms with Gasteiger partial charge in [-0.1, -0.05) is 0 Å². The first-order chi connectivity index (χ1) is 23.0. The largest absolute Gasteiger partial charge is 0.507 e. The molecule has 0 bridgehead atoms. The molecular formula is C35H31N5O8. The lowest BCUT2D eigenvalue weighted by atomic mass is 9.71. The summed E-state index contributed by atoms with van der Waals surface area (Å²) in [7, 11) is 1.58. The molecule has 13 nitrogen and oxygen atoms in total. The Bertz CT molecular complexity index is 2360. The Morgan fingerprint density at radius 2 is 1.83 bits per heavy atom. The quantitative estimate of drug-likeness (QED) is 0.252. The first kappa shape index (κ1) is 29.7. The number of allylic oxidation sites excluding steroid dienone is 1. The van der Waals surface area contributed by atoms with Crippen LogP contribution in [0.1, 0.15) is 52.6 Å². The minimum absolute atomic E-state index is 0.0502. The maximum atomic E-state index is 14.5. The van der Waals surface area contributed by atoms with E-state index in [1.54, 1.807) is 43.8 Å². The SMILES string of the molecule is COc1ccc(-n2nc(C)c3c2C=C2Oc4c(-c5ccc6c(=O)[nH]c(=O)n(CC7CCCO7)c6n5)c(O)c(C)c(O)c4[C@@]2(C)C3=O)cc1. The number of aromatic hydroxyl groups is 2. The zero-order valence-corrected chi connectivity index (χ0v) is 26.6. The maximum absolute atomic E-state index is 14.5. The van der Waals surface area contributed by atoms with Crippen molar-refractivity contribution in [2.75, 3.05) is 13.7 Å². The predicted molar refractivity (Wildman–Crippen MR) is 174 cm³/mol. The van der Waals surface area contributed by atoms with E-state index in [1.165, 1.54) is 23.6 Å². The third-order valence-electron chi connectivity index (χ3n) is 9.71. The number of pyridine rings is 1. The lowest BCUT2D eigenvalue weighted by molar-refractivity contribution is 0.0905. The Kier molecular flexibility index (Phi) is 6.44. The van der Waals surface area contributed by atoms with E-state index in [4.69, 9.17) is 19.2 Å². The number of aromatic amines is 1. The Labute approximate surface area is 272 Å². The standard InChI is InChI=1S/C35H31N5O8/c1-16-28(41)26(22-12-11-21-32(36-22)39(34(45)37-33(21)44)15-20-6-5-13-47-20)30-27(29(16)42)35(3)24(48-30)14-23-25(31(35)43)17(2)38-40(23)18-7-9-19(46-4)10-8-18/h7-12,14,20,41-42H,5-6,13,15H2,1-4H3,(H,37,44,45)/t20?,35-/m0/s1. The number of Topliss-reactive ketones (excluding diaryl/α,β-unsaturated/α-hetero) is 1. The van der Waals surface area contributed by atoms with Crippen molar-refractivity contribution in [3.63, 3.8) is 0 Å². The number of carbonyl (C=O) groups is 1. The van der Waals surface area contributed by atoms with Gasteiger partial charge in [0, 0.05) is 18.2 Å². The van der Waals surface area contributed by atoms with E-state index in [1.807, 2.05) is 12.1 Å². The van der Waals surface area contributed by atoms with Crippen LogP contribution >= 0.6 is 0 Å². The molecule has 13 heteroatoms. The number of hydrogen-bond donors (Lipinski definition) is 3. The van der Waals surface area contributed by atoms with Crippen LogP contribution in [0.25, 0.3) is 34.1 Å². The van der Waals surface area contributed by atoms with Gasteiger partial charge in [-0.15, -0.1) is 0 Å². The molecule has 1 aliphatic carbocycles. The summed E-state index contributed by atoms with van der Waals surface area (Å²) in [4.78, 5) is 47.4. The minimum Gasteiger partial charge on any atom is -0.507 e. The van der Waals surface area contributed by atoms with Crippen LogP contribution < -0.4 is 20.7 Å². The van der Waals surface area contributed by atoms with Crippen molar-refractivity contribution in [3.8, 4) is 39.9 Å². The lowest BCUT2D eigenvalue weighted by Crippen LogP contribution is -2.36. The molecule has 1 saturated heterocycles. The molecule has 3 aromatic heterocycles. The molecule has 2 atom stereocenters. The van der Waals surface area contributed by atoms with Gasteiger partial charge < -0.3 is 24.4 Å². The van der Waals surface area contributed by atoms with Crippen LogP contribution in [0.3, 0.4) is 0 Å². The number of methoxy groups -OCH3 is 1. The highest BCUT2D eigenvalue weighted by Crippen LogP contribution is 2.60. The number of carbonyl (C=O) groups excluding carboxylic acids is 1. The van der Waals surface area contributed by atoms with Crippen LogP contribution in [0.5, 0.6) is 23.0 Å². The number of hydrogen-bond acceptors (Lipinski definition) is 10. The number of fused-ring (bicyclic) bond motifs is 5. The second kappa shape index (κ2) is 10.4. The number of ether oxygens (including phenoxy) is 3. The number of aromatic nitrogens is 5. The number of rotatable bonds is 5. The van der Waals surface area contributed by atoms with Gasteiger partial charge in [0.2, 0.25) is 0 Å². The predicted octanol–water partition coefficient (Wildman–Crippen LogP) is 4.04. The van der Waals surface area contributed by atoms with E-state index in [-0.39, 0.29) is 74.9 Å². The molecule has 5 aromatic rings. The van der Waals surface area contributed by atoms with Gasteiger partial charge in [-0.3, -0.25) is 19.1 Å². The topological polar surface area (TPSA) is 171 Å². The number of nitrogens with zero attached hydrogens (tertiary/aromatic N) is 4. The molecule has 1 unspecified atom stereocenters. The third-order valence-corrected chi connectivity index (χ3v) is 9.71. The van der Waals surface area contributed by atoms with Crippen LogP contribution in [0, 0.1) is 13.8 Å². The molecule has 0 spiro atoms. The Morgan fingerprint density at radius 1 is 1.06 bits per heavy atom. The van der Waals surface area contributed by atoms with Gasteiger partial charge in [0.1, 0.15) is 39.8 Å². The summed E-state index contributed by atoms with van der Waals surface area (Å²) in [5.74, 6) is 0.0155. The highest BCUT2D eigenvalue weighted by atomic mass is 16.5. The zero-order chi connectivity index (χ0) is 33.6. The van der Waals surface area contributed by atoms with E-state index in [0.717, 1.165) is 12.8 Å².